The summed E-state index contributed by atoms with van der Waals surface area (Å²) in [7, 11) is 1.77. The number of nitriles is 1. The van der Waals surface area contributed by atoms with Gasteiger partial charge in [0.25, 0.3) is 0 Å². The van der Waals surface area contributed by atoms with Gasteiger partial charge in [-0.15, -0.1) is 0 Å². The van der Waals surface area contributed by atoms with Gasteiger partial charge in [-0.05, 0) is 6.92 Å². The predicted molar refractivity (Wildman–Crippen MR) is 69.3 cm³/mol. The molecule has 0 radical (unpaired) electrons. The Morgan fingerprint density at radius 3 is 3.00 bits per heavy atom. The SMILES string of the molecule is CCN(CCC#N)c1nc(NC)nc2[nH]ncc12. The average molecular weight is 245 g/mol. The number of anilines is 2. The number of nitrogens with zero attached hydrogens (tertiary/aromatic N) is 5. The summed E-state index contributed by atoms with van der Waals surface area (Å²) in [6.45, 7) is 3.46. The van der Waals surface area contributed by atoms with Crippen LogP contribution < -0.4 is 10.2 Å². The van der Waals surface area contributed by atoms with Crippen LogP contribution in [0.25, 0.3) is 11.0 Å². The van der Waals surface area contributed by atoms with Crippen LogP contribution in [0, 0.1) is 11.3 Å². The lowest BCUT2D eigenvalue weighted by molar-refractivity contribution is 0.814. The molecule has 0 aliphatic rings. The minimum absolute atomic E-state index is 0.464. The molecular formula is C11H15N7. The number of hydrogen-bond donors (Lipinski definition) is 2. The molecule has 0 fully saturated rings. The van der Waals surface area contributed by atoms with Gasteiger partial charge in [0.15, 0.2) is 5.65 Å². The monoisotopic (exact) mass is 245 g/mol. The van der Waals surface area contributed by atoms with Gasteiger partial charge in [-0.2, -0.15) is 20.3 Å². The van der Waals surface area contributed by atoms with E-state index in [0.717, 1.165) is 17.7 Å². The van der Waals surface area contributed by atoms with E-state index in [2.05, 4.69) is 31.6 Å². The van der Waals surface area contributed by atoms with Gasteiger partial charge in [0.05, 0.1) is 24.1 Å². The van der Waals surface area contributed by atoms with Crippen molar-refractivity contribution in [2.75, 3.05) is 30.4 Å². The zero-order valence-electron chi connectivity index (χ0n) is 10.4. The molecule has 0 amide bonds. The third kappa shape index (κ3) is 2.18. The van der Waals surface area contributed by atoms with E-state index >= 15 is 0 Å². The van der Waals surface area contributed by atoms with Gasteiger partial charge >= 0.3 is 0 Å². The Morgan fingerprint density at radius 1 is 1.50 bits per heavy atom. The van der Waals surface area contributed by atoms with Crippen LogP contribution in [-0.4, -0.2) is 40.3 Å². The number of aromatic amines is 1. The minimum atomic E-state index is 0.464. The molecule has 94 valence electrons. The van der Waals surface area contributed by atoms with Crippen LogP contribution in [0.2, 0.25) is 0 Å². The minimum Gasteiger partial charge on any atom is -0.357 e. The second-order valence-corrected chi connectivity index (χ2v) is 3.74. The Hall–Kier alpha value is -2.36. The molecule has 2 aromatic heterocycles. The first kappa shape index (κ1) is 12.1. The van der Waals surface area contributed by atoms with E-state index in [0.29, 0.717) is 24.6 Å². The highest BCUT2D eigenvalue weighted by Gasteiger charge is 2.14. The number of H-pyrrole nitrogens is 1. The summed E-state index contributed by atoms with van der Waals surface area (Å²) in [5, 5.41) is 19.3. The van der Waals surface area contributed by atoms with Gasteiger partial charge in [0.2, 0.25) is 5.95 Å². The molecule has 0 spiro atoms. The van der Waals surface area contributed by atoms with Gasteiger partial charge in [0, 0.05) is 20.1 Å². The van der Waals surface area contributed by atoms with Crippen molar-refractivity contribution >= 4 is 22.8 Å². The maximum absolute atomic E-state index is 8.69. The van der Waals surface area contributed by atoms with Crippen LogP contribution in [0.3, 0.4) is 0 Å². The molecule has 2 N–H and O–H groups in total. The molecule has 18 heavy (non-hydrogen) atoms. The first-order chi connectivity index (χ1) is 8.80. The Bertz CT molecular complexity index is 568. The summed E-state index contributed by atoms with van der Waals surface area (Å²) in [5.74, 6) is 1.34. The number of hydrogen-bond acceptors (Lipinski definition) is 6. The fourth-order valence-electron chi connectivity index (χ4n) is 1.77. The first-order valence-electron chi connectivity index (χ1n) is 5.81. The zero-order valence-corrected chi connectivity index (χ0v) is 10.4. The fraction of sp³-hybridized carbons (Fsp3) is 0.455. The quantitative estimate of drug-likeness (QED) is 0.820. The highest BCUT2D eigenvalue weighted by atomic mass is 15.3. The van der Waals surface area contributed by atoms with Crippen LogP contribution >= 0.6 is 0 Å². The standard InChI is InChI=1S/C11H15N7/c1-3-18(6-4-5-12)10-8-7-14-17-9(8)15-11(13-2)16-10/h7H,3-4,6H2,1-2H3,(H2,13,14,15,16,17). The molecule has 2 heterocycles. The van der Waals surface area contributed by atoms with E-state index in [1.54, 1.807) is 13.2 Å². The molecule has 7 heteroatoms. The lowest BCUT2D eigenvalue weighted by Crippen LogP contribution is -2.25. The predicted octanol–water partition coefficient (Wildman–Crippen LogP) is 1.13. The fourth-order valence-corrected chi connectivity index (χ4v) is 1.77. The second-order valence-electron chi connectivity index (χ2n) is 3.74. The lowest BCUT2D eigenvalue weighted by atomic mass is 10.3. The molecule has 0 saturated carbocycles. The molecular weight excluding hydrogens is 230 g/mol. The van der Waals surface area contributed by atoms with Crippen LogP contribution in [0.4, 0.5) is 11.8 Å². The zero-order chi connectivity index (χ0) is 13.0. The molecule has 2 rings (SSSR count). The molecule has 7 nitrogen and oxygen atoms in total. The Kier molecular flexibility index (Phi) is 3.57. The third-order valence-corrected chi connectivity index (χ3v) is 2.69. The van der Waals surface area contributed by atoms with Gasteiger partial charge in [-0.3, -0.25) is 5.10 Å². The summed E-state index contributed by atoms with van der Waals surface area (Å²) >= 11 is 0. The average Bonchev–Trinajstić information content (AvgIpc) is 2.87. The van der Waals surface area contributed by atoms with Crippen molar-refractivity contribution in [1.82, 2.24) is 20.2 Å². The maximum Gasteiger partial charge on any atom is 0.226 e. The highest BCUT2D eigenvalue weighted by molar-refractivity contribution is 5.87. The smallest absolute Gasteiger partial charge is 0.226 e. The number of fused-ring (bicyclic) bond motifs is 1. The molecule has 0 unspecified atom stereocenters. The second kappa shape index (κ2) is 5.31. The summed E-state index contributed by atoms with van der Waals surface area (Å²) in [5.41, 5.74) is 0.694. The number of aromatic nitrogens is 4. The van der Waals surface area contributed by atoms with Gasteiger partial charge in [0.1, 0.15) is 5.82 Å². The van der Waals surface area contributed by atoms with Gasteiger partial charge in [-0.1, -0.05) is 0 Å². The van der Waals surface area contributed by atoms with E-state index < -0.39 is 0 Å². The van der Waals surface area contributed by atoms with E-state index in [-0.39, 0.29) is 0 Å². The Morgan fingerprint density at radius 2 is 2.33 bits per heavy atom. The molecule has 0 bridgehead atoms. The maximum atomic E-state index is 8.69. The summed E-state index contributed by atoms with van der Waals surface area (Å²) in [6.07, 6.45) is 2.17. The van der Waals surface area contributed by atoms with E-state index in [4.69, 9.17) is 5.26 Å². The van der Waals surface area contributed by atoms with Crippen molar-refractivity contribution in [2.24, 2.45) is 0 Å². The van der Waals surface area contributed by atoms with E-state index in [1.807, 2.05) is 11.8 Å². The normalized spacial score (nSPS) is 10.3. The van der Waals surface area contributed by atoms with Crippen LogP contribution in [0.5, 0.6) is 0 Å². The van der Waals surface area contributed by atoms with Crippen molar-refractivity contribution in [2.45, 2.75) is 13.3 Å². The summed E-state index contributed by atoms with van der Waals surface area (Å²) in [6, 6.07) is 2.15. The lowest BCUT2D eigenvalue weighted by Gasteiger charge is -2.21. The van der Waals surface area contributed by atoms with Crippen molar-refractivity contribution in [3.63, 3.8) is 0 Å². The number of nitrogens with one attached hydrogen (secondary N) is 2. The highest BCUT2D eigenvalue weighted by Crippen LogP contribution is 2.23. The molecule has 0 saturated heterocycles. The van der Waals surface area contributed by atoms with E-state index in [1.165, 1.54) is 0 Å². The van der Waals surface area contributed by atoms with Gasteiger partial charge < -0.3 is 10.2 Å². The van der Waals surface area contributed by atoms with Crippen LogP contribution in [-0.2, 0) is 0 Å². The molecule has 0 aliphatic heterocycles. The molecule has 2 aromatic rings. The van der Waals surface area contributed by atoms with Crippen molar-refractivity contribution in [3.8, 4) is 6.07 Å². The summed E-state index contributed by atoms with van der Waals surface area (Å²) < 4.78 is 0. The largest absolute Gasteiger partial charge is 0.357 e. The van der Waals surface area contributed by atoms with E-state index in [9.17, 15) is 0 Å². The molecule has 0 atom stereocenters. The topological polar surface area (TPSA) is 93.5 Å². The van der Waals surface area contributed by atoms with Crippen LogP contribution in [0.15, 0.2) is 6.20 Å². The van der Waals surface area contributed by atoms with Gasteiger partial charge in [-0.25, -0.2) is 0 Å². The van der Waals surface area contributed by atoms with Crippen molar-refractivity contribution in [1.29, 1.82) is 5.26 Å². The van der Waals surface area contributed by atoms with Crippen molar-refractivity contribution in [3.05, 3.63) is 6.20 Å². The molecule has 0 aromatic carbocycles. The first-order valence-corrected chi connectivity index (χ1v) is 5.81. The molecule has 0 aliphatic carbocycles. The Labute approximate surface area is 105 Å². The van der Waals surface area contributed by atoms with Crippen molar-refractivity contribution < 1.29 is 0 Å². The van der Waals surface area contributed by atoms with Crippen LogP contribution in [0.1, 0.15) is 13.3 Å². The number of rotatable bonds is 5. The Balaban J connectivity index is 2.46. The third-order valence-electron chi connectivity index (χ3n) is 2.69. The summed E-state index contributed by atoms with van der Waals surface area (Å²) in [4.78, 5) is 10.8.